The minimum absolute atomic E-state index is 0.234. The molecule has 4 unspecified atom stereocenters. The molecular weight excluding hydrogens is 242 g/mol. The molecule has 4 nitrogen and oxygen atoms in total. The third-order valence-corrected chi connectivity index (χ3v) is 5.53. The molecule has 0 saturated heterocycles. The van der Waals surface area contributed by atoms with Crippen molar-refractivity contribution in [2.45, 2.75) is 32.6 Å². The van der Waals surface area contributed by atoms with Gasteiger partial charge in [0.15, 0.2) is 0 Å². The van der Waals surface area contributed by atoms with E-state index in [1.807, 2.05) is 11.8 Å². The van der Waals surface area contributed by atoms with Crippen molar-refractivity contribution in [2.24, 2.45) is 29.6 Å². The van der Waals surface area contributed by atoms with Gasteiger partial charge in [0.1, 0.15) is 0 Å². The highest BCUT2D eigenvalue weighted by molar-refractivity contribution is 5.83. The molecule has 3 rings (SSSR count). The molecule has 0 spiro atoms. The van der Waals surface area contributed by atoms with Crippen LogP contribution < -0.4 is 0 Å². The van der Waals surface area contributed by atoms with Crippen LogP contribution in [0.5, 0.6) is 0 Å². The second kappa shape index (κ2) is 4.80. The highest BCUT2D eigenvalue weighted by atomic mass is 16.5. The monoisotopic (exact) mass is 265 g/mol. The molecule has 0 aromatic heterocycles. The molecule has 0 aromatic carbocycles. The number of ether oxygens (including phenoxy) is 1. The van der Waals surface area contributed by atoms with E-state index in [1.54, 1.807) is 0 Å². The van der Waals surface area contributed by atoms with Crippen LogP contribution in [0.1, 0.15) is 32.6 Å². The topological polar surface area (TPSA) is 46.6 Å². The molecule has 2 bridgehead atoms. The van der Waals surface area contributed by atoms with Crippen LogP contribution in [0.25, 0.3) is 0 Å². The van der Waals surface area contributed by atoms with Gasteiger partial charge >= 0.3 is 5.97 Å². The molecule has 4 atom stereocenters. The summed E-state index contributed by atoms with van der Waals surface area (Å²) in [4.78, 5) is 25.6. The van der Waals surface area contributed by atoms with E-state index in [1.165, 1.54) is 26.4 Å². The molecule has 0 radical (unpaired) electrons. The molecule has 106 valence electrons. The van der Waals surface area contributed by atoms with Gasteiger partial charge in [-0.15, -0.1) is 0 Å². The maximum Gasteiger partial charge on any atom is 0.307 e. The van der Waals surface area contributed by atoms with E-state index in [-0.39, 0.29) is 17.8 Å². The Balaban J connectivity index is 1.56. The zero-order chi connectivity index (χ0) is 13.6. The first-order chi connectivity index (χ1) is 9.17. The fraction of sp³-hybridized carbons (Fsp3) is 0.867. The Labute approximate surface area is 114 Å². The summed E-state index contributed by atoms with van der Waals surface area (Å²) in [5.41, 5.74) is 0. The summed E-state index contributed by atoms with van der Waals surface area (Å²) in [6, 6.07) is 0. The van der Waals surface area contributed by atoms with Gasteiger partial charge in [-0.2, -0.15) is 0 Å². The summed E-state index contributed by atoms with van der Waals surface area (Å²) in [6.07, 6.45) is 4.35. The smallest absolute Gasteiger partial charge is 0.307 e. The molecule has 4 heteroatoms. The Morgan fingerprint density at radius 2 is 1.84 bits per heavy atom. The Kier molecular flexibility index (Phi) is 3.27. The predicted molar refractivity (Wildman–Crippen MR) is 70.2 cm³/mol. The number of fused-ring (bicyclic) bond motifs is 5. The first-order valence-electron chi connectivity index (χ1n) is 7.53. The zero-order valence-corrected chi connectivity index (χ0v) is 11.8. The van der Waals surface area contributed by atoms with Gasteiger partial charge in [-0.3, -0.25) is 9.59 Å². The van der Waals surface area contributed by atoms with E-state index in [0.29, 0.717) is 31.3 Å². The number of amides is 1. The average molecular weight is 265 g/mol. The van der Waals surface area contributed by atoms with Gasteiger partial charge in [0.2, 0.25) is 5.91 Å². The second-order valence-corrected chi connectivity index (χ2v) is 6.26. The fourth-order valence-corrected chi connectivity index (χ4v) is 4.62. The van der Waals surface area contributed by atoms with E-state index in [4.69, 9.17) is 0 Å². The largest absolute Gasteiger partial charge is 0.469 e. The van der Waals surface area contributed by atoms with Gasteiger partial charge in [-0.1, -0.05) is 0 Å². The maximum absolute atomic E-state index is 12.5. The Hall–Kier alpha value is -1.06. The van der Waals surface area contributed by atoms with Crippen LogP contribution in [0.3, 0.4) is 0 Å². The molecule has 3 fully saturated rings. The minimum atomic E-state index is -0.234. The Morgan fingerprint density at radius 1 is 1.21 bits per heavy atom. The first kappa shape index (κ1) is 12.9. The fourth-order valence-electron chi connectivity index (χ4n) is 4.62. The minimum Gasteiger partial charge on any atom is -0.469 e. The lowest BCUT2D eigenvalue weighted by Crippen LogP contribution is -2.35. The van der Waals surface area contributed by atoms with Crippen molar-refractivity contribution in [3.05, 3.63) is 0 Å². The zero-order valence-electron chi connectivity index (χ0n) is 11.8. The molecule has 3 saturated carbocycles. The number of carbonyl (C=O) groups excluding carboxylic acids is 2. The van der Waals surface area contributed by atoms with Crippen LogP contribution in [0.2, 0.25) is 0 Å². The van der Waals surface area contributed by atoms with E-state index in [0.717, 1.165) is 11.8 Å². The van der Waals surface area contributed by atoms with Gasteiger partial charge in [0.05, 0.1) is 13.5 Å². The lowest BCUT2D eigenvalue weighted by molar-refractivity contribution is -0.142. The summed E-state index contributed by atoms with van der Waals surface area (Å²) in [5.74, 6) is 3.34. The SMILES string of the molecule is CCN(CCC(=O)OC)C(=O)C1C2C3CCC(C3)C12. The molecule has 1 amide bonds. The average Bonchev–Trinajstić information content (AvgIpc) is 2.86. The van der Waals surface area contributed by atoms with Crippen molar-refractivity contribution >= 4 is 11.9 Å². The number of rotatable bonds is 5. The maximum atomic E-state index is 12.5. The summed E-state index contributed by atoms with van der Waals surface area (Å²) < 4.78 is 4.64. The third-order valence-electron chi connectivity index (χ3n) is 5.53. The lowest BCUT2D eigenvalue weighted by Gasteiger charge is -2.22. The number of esters is 1. The molecular formula is C15H23NO3. The van der Waals surface area contributed by atoms with Crippen molar-refractivity contribution in [3.63, 3.8) is 0 Å². The van der Waals surface area contributed by atoms with Gasteiger partial charge in [-0.25, -0.2) is 0 Å². The van der Waals surface area contributed by atoms with E-state index in [2.05, 4.69) is 4.74 Å². The lowest BCUT2D eigenvalue weighted by atomic mass is 10.0. The molecule has 19 heavy (non-hydrogen) atoms. The second-order valence-electron chi connectivity index (χ2n) is 6.26. The highest BCUT2D eigenvalue weighted by Crippen LogP contribution is 2.69. The van der Waals surface area contributed by atoms with Crippen molar-refractivity contribution in [2.75, 3.05) is 20.2 Å². The number of methoxy groups -OCH3 is 1. The normalized spacial score (nSPS) is 37.9. The summed E-state index contributed by atoms with van der Waals surface area (Å²) in [5, 5.41) is 0. The quantitative estimate of drug-likeness (QED) is 0.711. The summed E-state index contributed by atoms with van der Waals surface area (Å²) in [6.45, 7) is 3.19. The van der Waals surface area contributed by atoms with Crippen LogP contribution in [0.4, 0.5) is 0 Å². The van der Waals surface area contributed by atoms with Crippen LogP contribution in [-0.4, -0.2) is 37.0 Å². The van der Waals surface area contributed by atoms with E-state index in [9.17, 15) is 9.59 Å². The summed E-state index contributed by atoms with van der Waals surface area (Å²) >= 11 is 0. The van der Waals surface area contributed by atoms with Crippen molar-refractivity contribution in [1.82, 2.24) is 4.90 Å². The van der Waals surface area contributed by atoms with Gasteiger partial charge in [0.25, 0.3) is 0 Å². The molecule has 0 N–H and O–H groups in total. The van der Waals surface area contributed by atoms with Gasteiger partial charge in [-0.05, 0) is 49.9 Å². The first-order valence-corrected chi connectivity index (χ1v) is 7.53. The highest BCUT2D eigenvalue weighted by Gasteiger charge is 2.67. The molecule has 0 aliphatic heterocycles. The Morgan fingerprint density at radius 3 is 2.37 bits per heavy atom. The number of carbonyl (C=O) groups is 2. The third kappa shape index (κ3) is 2.05. The van der Waals surface area contributed by atoms with Crippen LogP contribution in [0.15, 0.2) is 0 Å². The predicted octanol–water partition coefficient (Wildman–Crippen LogP) is 1.69. The van der Waals surface area contributed by atoms with Gasteiger partial charge in [0, 0.05) is 19.0 Å². The van der Waals surface area contributed by atoms with E-state index < -0.39 is 0 Å². The van der Waals surface area contributed by atoms with Crippen LogP contribution in [0, 0.1) is 29.6 Å². The number of nitrogens with zero attached hydrogens (tertiary/aromatic N) is 1. The standard InChI is InChI=1S/C15H23NO3/c1-3-16(7-6-11(17)19-2)15(18)14-12-9-4-5-10(8-9)13(12)14/h9-10,12-14H,3-8H2,1-2H3. The molecule has 0 heterocycles. The van der Waals surface area contributed by atoms with Crippen molar-refractivity contribution < 1.29 is 14.3 Å². The Bertz CT molecular complexity index is 379. The molecule has 3 aliphatic carbocycles. The van der Waals surface area contributed by atoms with E-state index >= 15 is 0 Å². The molecule has 3 aliphatic rings. The van der Waals surface area contributed by atoms with Crippen molar-refractivity contribution in [1.29, 1.82) is 0 Å². The summed E-state index contributed by atoms with van der Waals surface area (Å²) in [7, 11) is 1.39. The van der Waals surface area contributed by atoms with Crippen LogP contribution >= 0.6 is 0 Å². The molecule has 0 aromatic rings. The number of hydrogen-bond acceptors (Lipinski definition) is 3. The van der Waals surface area contributed by atoms with Gasteiger partial charge < -0.3 is 9.64 Å². The van der Waals surface area contributed by atoms with Crippen molar-refractivity contribution in [3.8, 4) is 0 Å². The van der Waals surface area contributed by atoms with Crippen LogP contribution in [-0.2, 0) is 14.3 Å². The number of hydrogen-bond donors (Lipinski definition) is 0.